The lowest BCUT2D eigenvalue weighted by Crippen LogP contribution is -2.37. The SMILES string of the molecule is CCOC(=O)Nn1c(C(=O)c2ccccc2)c(CC)n(C2CCCCC2)c1=O. The van der Waals surface area contributed by atoms with Crippen molar-refractivity contribution in [3.8, 4) is 0 Å². The second kappa shape index (κ2) is 8.91. The van der Waals surface area contributed by atoms with Gasteiger partial charge in [0, 0.05) is 11.6 Å². The number of benzene rings is 1. The maximum atomic E-state index is 13.3. The molecule has 1 aromatic carbocycles. The zero-order chi connectivity index (χ0) is 20.1. The minimum absolute atomic E-state index is 0.0452. The molecule has 0 spiro atoms. The van der Waals surface area contributed by atoms with Gasteiger partial charge in [-0.2, -0.15) is 4.68 Å². The number of carbonyl (C=O) groups excluding carboxylic acids is 2. The van der Waals surface area contributed by atoms with Gasteiger partial charge in [0.15, 0.2) is 0 Å². The van der Waals surface area contributed by atoms with Crippen LogP contribution in [0, 0.1) is 0 Å². The van der Waals surface area contributed by atoms with Crippen molar-refractivity contribution in [1.82, 2.24) is 9.24 Å². The van der Waals surface area contributed by atoms with Gasteiger partial charge in [-0.05, 0) is 26.2 Å². The van der Waals surface area contributed by atoms with Crippen molar-refractivity contribution in [3.05, 3.63) is 57.8 Å². The minimum Gasteiger partial charge on any atom is -0.449 e. The van der Waals surface area contributed by atoms with Crippen molar-refractivity contribution < 1.29 is 14.3 Å². The Morgan fingerprint density at radius 2 is 1.79 bits per heavy atom. The Bertz CT molecular complexity index is 892. The average molecular weight is 385 g/mol. The van der Waals surface area contributed by atoms with Gasteiger partial charge in [0.1, 0.15) is 5.69 Å². The summed E-state index contributed by atoms with van der Waals surface area (Å²) in [6.07, 6.45) is 4.82. The van der Waals surface area contributed by atoms with E-state index in [0.29, 0.717) is 17.7 Å². The first-order chi connectivity index (χ1) is 13.6. The smallest absolute Gasteiger partial charge is 0.426 e. The van der Waals surface area contributed by atoms with Gasteiger partial charge in [0.05, 0.1) is 12.3 Å². The van der Waals surface area contributed by atoms with Crippen LogP contribution >= 0.6 is 0 Å². The number of hydrogen-bond acceptors (Lipinski definition) is 4. The molecule has 1 aliphatic carbocycles. The summed E-state index contributed by atoms with van der Waals surface area (Å²) in [5, 5.41) is 0. The van der Waals surface area contributed by atoms with E-state index < -0.39 is 11.8 Å². The number of ketones is 1. The van der Waals surface area contributed by atoms with Crippen molar-refractivity contribution >= 4 is 11.9 Å². The molecule has 1 aromatic heterocycles. The third kappa shape index (κ3) is 3.88. The molecule has 2 aromatic rings. The van der Waals surface area contributed by atoms with Gasteiger partial charge in [-0.3, -0.25) is 9.36 Å². The van der Waals surface area contributed by atoms with E-state index in [1.165, 1.54) is 0 Å². The average Bonchev–Trinajstić information content (AvgIpc) is 3.00. The predicted octanol–water partition coefficient (Wildman–Crippen LogP) is 3.65. The molecule has 0 radical (unpaired) electrons. The quantitative estimate of drug-likeness (QED) is 0.770. The number of nitrogens with one attached hydrogen (secondary N) is 1. The summed E-state index contributed by atoms with van der Waals surface area (Å²) in [5.41, 5.74) is 3.40. The van der Waals surface area contributed by atoms with Crippen LogP contribution in [0.2, 0.25) is 0 Å². The van der Waals surface area contributed by atoms with Crippen molar-refractivity contribution in [3.63, 3.8) is 0 Å². The topological polar surface area (TPSA) is 82.3 Å². The van der Waals surface area contributed by atoms with Crippen LogP contribution in [0.3, 0.4) is 0 Å². The van der Waals surface area contributed by atoms with Crippen LogP contribution < -0.4 is 11.1 Å². The number of aromatic nitrogens is 2. The Balaban J connectivity index is 2.15. The van der Waals surface area contributed by atoms with Gasteiger partial charge in [-0.15, -0.1) is 0 Å². The lowest BCUT2D eigenvalue weighted by molar-refractivity contribution is 0.103. The Labute approximate surface area is 164 Å². The summed E-state index contributed by atoms with van der Waals surface area (Å²) in [4.78, 5) is 38.6. The van der Waals surface area contributed by atoms with E-state index in [2.05, 4.69) is 5.43 Å². The number of nitrogens with zero attached hydrogens (tertiary/aromatic N) is 2. The van der Waals surface area contributed by atoms with Gasteiger partial charge in [-0.1, -0.05) is 56.5 Å². The van der Waals surface area contributed by atoms with Crippen LogP contribution in [0.15, 0.2) is 35.1 Å². The lowest BCUT2D eigenvalue weighted by Gasteiger charge is -2.24. The fraction of sp³-hybridized carbons (Fsp3) is 0.476. The summed E-state index contributed by atoms with van der Waals surface area (Å²) < 4.78 is 7.72. The summed E-state index contributed by atoms with van der Waals surface area (Å²) in [6, 6.07) is 8.84. The normalized spacial score (nSPS) is 14.6. The summed E-state index contributed by atoms with van der Waals surface area (Å²) in [7, 11) is 0. The maximum absolute atomic E-state index is 13.3. The van der Waals surface area contributed by atoms with Gasteiger partial charge < -0.3 is 4.74 Å². The molecular formula is C21H27N3O4. The van der Waals surface area contributed by atoms with Gasteiger partial charge in [0.25, 0.3) is 0 Å². The largest absolute Gasteiger partial charge is 0.449 e. The predicted molar refractivity (Wildman–Crippen MR) is 106 cm³/mol. The molecular weight excluding hydrogens is 358 g/mol. The van der Waals surface area contributed by atoms with E-state index in [4.69, 9.17) is 4.74 Å². The highest BCUT2D eigenvalue weighted by molar-refractivity contribution is 6.09. The van der Waals surface area contributed by atoms with Crippen molar-refractivity contribution in [2.24, 2.45) is 0 Å². The lowest BCUT2D eigenvalue weighted by atomic mass is 9.95. The van der Waals surface area contributed by atoms with Crippen molar-refractivity contribution in [2.75, 3.05) is 12.0 Å². The maximum Gasteiger partial charge on any atom is 0.426 e. The van der Waals surface area contributed by atoms with Crippen molar-refractivity contribution in [1.29, 1.82) is 0 Å². The van der Waals surface area contributed by atoms with Gasteiger partial charge >= 0.3 is 11.8 Å². The molecule has 0 unspecified atom stereocenters. The van der Waals surface area contributed by atoms with E-state index in [-0.39, 0.29) is 24.1 Å². The highest BCUT2D eigenvalue weighted by Crippen LogP contribution is 2.29. The summed E-state index contributed by atoms with van der Waals surface area (Å²) in [6.45, 7) is 3.78. The van der Waals surface area contributed by atoms with Crippen LogP contribution in [-0.4, -0.2) is 27.7 Å². The van der Waals surface area contributed by atoms with Crippen molar-refractivity contribution in [2.45, 2.75) is 58.4 Å². The zero-order valence-corrected chi connectivity index (χ0v) is 16.4. The van der Waals surface area contributed by atoms with Crippen LogP contribution in [0.25, 0.3) is 0 Å². The Kier molecular flexibility index (Phi) is 6.34. The number of ether oxygens (including phenoxy) is 1. The molecule has 1 saturated carbocycles. The van der Waals surface area contributed by atoms with Crippen LogP contribution in [-0.2, 0) is 11.2 Å². The fourth-order valence-electron chi connectivity index (χ4n) is 3.93. The number of imidazole rings is 1. The monoisotopic (exact) mass is 385 g/mol. The molecule has 0 bridgehead atoms. The highest BCUT2D eigenvalue weighted by Gasteiger charge is 2.30. The molecule has 0 atom stereocenters. The molecule has 1 aliphatic rings. The highest BCUT2D eigenvalue weighted by atomic mass is 16.6. The number of carbonyl (C=O) groups is 2. The molecule has 1 fully saturated rings. The van der Waals surface area contributed by atoms with E-state index in [1.54, 1.807) is 35.8 Å². The number of rotatable bonds is 6. The Morgan fingerprint density at radius 3 is 2.39 bits per heavy atom. The Hall–Kier alpha value is -2.83. The minimum atomic E-state index is -0.754. The van der Waals surface area contributed by atoms with E-state index in [9.17, 15) is 14.4 Å². The standard InChI is InChI=1S/C21H27N3O4/c1-3-17-18(19(25)15-11-7-5-8-12-15)24(22-20(26)28-4-2)21(27)23(17)16-13-9-6-10-14-16/h5,7-8,11-12,16H,3-4,6,9-10,13-14H2,1-2H3,(H,22,26). The first-order valence-electron chi connectivity index (χ1n) is 9.98. The van der Waals surface area contributed by atoms with Crippen LogP contribution in [0.4, 0.5) is 4.79 Å². The molecule has 1 N–H and O–H groups in total. The number of amides is 1. The third-order valence-corrected chi connectivity index (χ3v) is 5.19. The molecule has 1 heterocycles. The molecule has 150 valence electrons. The first-order valence-corrected chi connectivity index (χ1v) is 9.98. The zero-order valence-electron chi connectivity index (χ0n) is 16.4. The first kappa shape index (κ1) is 19.9. The van der Waals surface area contributed by atoms with E-state index >= 15 is 0 Å². The summed E-state index contributed by atoms with van der Waals surface area (Å²) in [5.74, 6) is -0.291. The second-order valence-electron chi connectivity index (χ2n) is 6.96. The molecule has 1 amide bonds. The van der Waals surface area contributed by atoms with Gasteiger partial charge in [-0.25, -0.2) is 15.0 Å². The summed E-state index contributed by atoms with van der Waals surface area (Å²) >= 11 is 0. The fourth-order valence-corrected chi connectivity index (χ4v) is 3.93. The molecule has 0 aliphatic heterocycles. The molecule has 3 rings (SSSR count). The van der Waals surface area contributed by atoms with E-state index in [1.807, 2.05) is 13.0 Å². The van der Waals surface area contributed by atoms with E-state index in [0.717, 1.165) is 36.8 Å². The van der Waals surface area contributed by atoms with Crippen LogP contribution in [0.5, 0.6) is 0 Å². The van der Waals surface area contributed by atoms with Gasteiger partial charge in [0.2, 0.25) is 5.78 Å². The molecule has 7 nitrogen and oxygen atoms in total. The number of hydrogen-bond donors (Lipinski definition) is 1. The Morgan fingerprint density at radius 1 is 1.11 bits per heavy atom. The molecule has 28 heavy (non-hydrogen) atoms. The molecule has 7 heteroatoms. The van der Waals surface area contributed by atoms with Crippen LogP contribution in [0.1, 0.15) is 73.7 Å². The molecule has 0 saturated heterocycles. The second-order valence-corrected chi connectivity index (χ2v) is 6.96. The third-order valence-electron chi connectivity index (χ3n) is 5.19.